The fourth-order valence-corrected chi connectivity index (χ4v) is 4.71. The van der Waals surface area contributed by atoms with Gasteiger partial charge in [-0.15, -0.1) is 11.3 Å². The second-order valence-electron chi connectivity index (χ2n) is 8.33. The van der Waals surface area contributed by atoms with Gasteiger partial charge in [0, 0.05) is 36.3 Å². The summed E-state index contributed by atoms with van der Waals surface area (Å²) < 4.78 is 7.76. The van der Waals surface area contributed by atoms with Crippen molar-refractivity contribution >= 4 is 22.4 Å². The number of nitrogens with zero attached hydrogens (tertiary/aromatic N) is 4. The molecule has 1 amide bonds. The van der Waals surface area contributed by atoms with Crippen molar-refractivity contribution in [2.75, 3.05) is 18.4 Å². The molecule has 8 heteroatoms. The smallest absolute Gasteiger partial charge is 0.257 e. The van der Waals surface area contributed by atoms with E-state index in [9.17, 15) is 4.79 Å². The molecule has 1 aliphatic rings. The van der Waals surface area contributed by atoms with Gasteiger partial charge in [0.2, 0.25) is 0 Å². The lowest BCUT2D eigenvalue weighted by Crippen LogP contribution is -2.44. The van der Waals surface area contributed by atoms with Crippen LogP contribution in [0.1, 0.15) is 46.9 Å². The van der Waals surface area contributed by atoms with Crippen LogP contribution < -0.4 is 5.32 Å². The molecule has 31 heavy (non-hydrogen) atoms. The van der Waals surface area contributed by atoms with Crippen molar-refractivity contribution in [2.24, 2.45) is 0 Å². The van der Waals surface area contributed by atoms with Crippen molar-refractivity contribution in [3.8, 4) is 0 Å². The van der Waals surface area contributed by atoms with Gasteiger partial charge in [0.15, 0.2) is 5.13 Å². The average molecular weight is 440 g/mol. The molecule has 2 aromatic heterocycles. The molecular formula is C23H29N5O2S. The molecule has 1 N–H and O–H groups in total. The topological polar surface area (TPSA) is 72.3 Å². The number of aromatic nitrogens is 3. The normalized spacial score (nSPS) is 19.5. The monoisotopic (exact) mass is 439 g/mol. The van der Waals surface area contributed by atoms with E-state index in [0.29, 0.717) is 17.2 Å². The lowest BCUT2D eigenvalue weighted by Gasteiger charge is -2.34. The number of hydrogen-bond acceptors (Lipinski definition) is 6. The summed E-state index contributed by atoms with van der Waals surface area (Å²) in [5.41, 5.74) is 4.83. The molecular weight excluding hydrogens is 410 g/mol. The van der Waals surface area contributed by atoms with E-state index in [0.717, 1.165) is 42.3 Å². The zero-order valence-corrected chi connectivity index (χ0v) is 19.3. The molecule has 0 spiro atoms. The molecule has 7 nitrogen and oxygen atoms in total. The Hall–Kier alpha value is -2.55. The van der Waals surface area contributed by atoms with E-state index in [1.807, 2.05) is 48.2 Å². The molecule has 0 saturated carbocycles. The molecule has 4 rings (SSSR count). The number of rotatable bonds is 6. The van der Waals surface area contributed by atoms with Crippen LogP contribution in [0.4, 0.5) is 5.13 Å². The molecule has 1 aromatic carbocycles. The second-order valence-corrected chi connectivity index (χ2v) is 9.19. The fourth-order valence-electron chi connectivity index (χ4n) is 4.02. The van der Waals surface area contributed by atoms with Gasteiger partial charge >= 0.3 is 0 Å². The molecule has 3 heterocycles. The third kappa shape index (κ3) is 5.58. The maximum Gasteiger partial charge on any atom is 0.257 e. The van der Waals surface area contributed by atoms with Gasteiger partial charge in [0.05, 0.1) is 30.1 Å². The van der Waals surface area contributed by atoms with Crippen molar-refractivity contribution in [1.29, 1.82) is 0 Å². The van der Waals surface area contributed by atoms with Crippen LogP contribution in [0.15, 0.2) is 35.7 Å². The van der Waals surface area contributed by atoms with Gasteiger partial charge in [-0.3, -0.25) is 19.7 Å². The number of nitrogens with one attached hydrogen (secondary N) is 1. The molecule has 1 fully saturated rings. The summed E-state index contributed by atoms with van der Waals surface area (Å²) in [6, 6.07) is 9.70. The van der Waals surface area contributed by atoms with Gasteiger partial charge in [0.25, 0.3) is 5.91 Å². The SMILES string of the molecule is Cc1cc(C)n(Cc2ccc(C(=O)Nc3nc(CN4CC(C)OC(C)C4)cs3)cc2)n1. The fraction of sp³-hybridized carbons (Fsp3) is 0.435. The molecule has 1 saturated heterocycles. The van der Waals surface area contributed by atoms with Gasteiger partial charge in [0.1, 0.15) is 0 Å². The number of carbonyl (C=O) groups excluding carboxylic acids is 1. The van der Waals surface area contributed by atoms with Gasteiger partial charge in [-0.1, -0.05) is 12.1 Å². The van der Waals surface area contributed by atoms with E-state index in [4.69, 9.17) is 4.74 Å². The van der Waals surface area contributed by atoms with Crippen molar-refractivity contribution in [2.45, 2.75) is 53.0 Å². The molecule has 2 unspecified atom stereocenters. The van der Waals surface area contributed by atoms with Crippen molar-refractivity contribution in [3.63, 3.8) is 0 Å². The number of benzene rings is 1. The van der Waals surface area contributed by atoms with Gasteiger partial charge in [-0.2, -0.15) is 5.10 Å². The maximum atomic E-state index is 12.6. The van der Waals surface area contributed by atoms with Crippen LogP contribution in [-0.2, 0) is 17.8 Å². The maximum absolute atomic E-state index is 12.6. The number of anilines is 1. The predicted octanol–water partition coefficient (Wildman–Crippen LogP) is 3.87. The predicted molar refractivity (Wildman–Crippen MR) is 123 cm³/mol. The van der Waals surface area contributed by atoms with E-state index in [1.54, 1.807) is 0 Å². The number of aryl methyl sites for hydroxylation is 2. The zero-order chi connectivity index (χ0) is 22.0. The Kier molecular flexibility index (Phi) is 6.50. The largest absolute Gasteiger partial charge is 0.373 e. The minimum atomic E-state index is -0.146. The van der Waals surface area contributed by atoms with Crippen LogP contribution in [0.3, 0.4) is 0 Å². The molecule has 1 aliphatic heterocycles. The minimum Gasteiger partial charge on any atom is -0.373 e. The second kappa shape index (κ2) is 9.30. The van der Waals surface area contributed by atoms with Crippen LogP contribution in [0, 0.1) is 13.8 Å². The summed E-state index contributed by atoms with van der Waals surface area (Å²) in [6.45, 7) is 11.5. The molecule has 3 aromatic rings. The molecule has 0 aliphatic carbocycles. The molecule has 0 radical (unpaired) electrons. The highest BCUT2D eigenvalue weighted by molar-refractivity contribution is 7.13. The Morgan fingerprint density at radius 2 is 1.87 bits per heavy atom. The number of thiazole rings is 1. The van der Waals surface area contributed by atoms with Crippen molar-refractivity contribution in [3.05, 3.63) is 63.9 Å². The third-order valence-corrected chi connectivity index (χ3v) is 6.11. The molecule has 0 bridgehead atoms. The van der Waals surface area contributed by atoms with E-state index in [2.05, 4.69) is 40.2 Å². The third-order valence-electron chi connectivity index (χ3n) is 5.30. The summed E-state index contributed by atoms with van der Waals surface area (Å²) in [5.74, 6) is -0.146. The molecule has 164 valence electrons. The highest BCUT2D eigenvalue weighted by Crippen LogP contribution is 2.20. The van der Waals surface area contributed by atoms with Crippen molar-refractivity contribution < 1.29 is 9.53 Å². The Balaban J connectivity index is 1.33. The Labute approximate surface area is 187 Å². The van der Waals surface area contributed by atoms with Crippen LogP contribution in [0.5, 0.6) is 0 Å². The van der Waals surface area contributed by atoms with Crippen molar-refractivity contribution in [1.82, 2.24) is 19.7 Å². The average Bonchev–Trinajstić information content (AvgIpc) is 3.26. The van der Waals surface area contributed by atoms with E-state index >= 15 is 0 Å². The first-order chi connectivity index (χ1) is 14.9. The minimum absolute atomic E-state index is 0.146. The lowest BCUT2D eigenvalue weighted by molar-refractivity contribution is -0.0707. The number of amides is 1. The summed E-state index contributed by atoms with van der Waals surface area (Å²) in [7, 11) is 0. The van der Waals surface area contributed by atoms with Crippen LogP contribution in [-0.4, -0.2) is 50.9 Å². The van der Waals surface area contributed by atoms with E-state index in [1.165, 1.54) is 11.3 Å². The van der Waals surface area contributed by atoms with Crippen LogP contribution in [0.2, 0.25) is 0 Å². The lowest BCUT2D eigenvalue weighted by atomic mass is 10.1. The van der Waals surface area contributed by atoms with Gasteiger partial charge in [-0.25, -0.2) is 4.98 Å². The number of carbonyl (C=O) groups is 1. The Morgan fingerprint density at radius 1 is 1.16 bits per heavy atom. The summed E-state index contributed by atoms with van der Waals surface area (Å²) >= 11 is 1.46. The highest BCUT2D eigenvalue weighted by Gasteiger charge is 2.22. The summed E-state index contributed by atoms with van der Waals surface area (Å²) in [4.78, 5) is 19.6. The Bertz CT molecular complexity index is 1030. The Morgan fingerprint density at radius 3 is 2.52 bits per heavy atom. The first-order valence-electron chi connectivity index (χ1n) is 10.6. The van der Waals surface area contributed by atoms with Gasteiger partial charge in [-0.05, 0) is 51.5 Å². The van der Waals surface area contributed by atoms with Crippen LogP contribution >= 0.6 is 11.3 Å². The first kappa shape index (κ1) is 21.7. The summed E-state index contributed by atoms with van der Waals surface area (Å²) in [6.07, 6.45) is 0.455. The van der Waals surface area contributed by atoms with Gasteiger partial charge < -0.3 is 4.74 Å². The highest BCUT2D eigenvalue weighted by atomic mass is 32.1. The van der Waals surface area contributed by atoms with Crippen LogP contribution in [0.25, 0.3) is 0 Å². The van der Waals surface area contributed by atoms with E-state index in [-0.39, 0.29) is 18.1 Å². The number of hydrogen-bond donors (Lipinski definition) is 1. The number of ether oxygens (including phenoxy) is 1. The zero-order valence-electron chi connectivity index (χ0n) is 18.5. The first-order valence-corrected chi connectivity index (χ1v) is 11.5. The summed E-state index contributed by atoms with van der Waals surface area (Å²) in [5, 5.41) is 10.1. The molecule has 2 atom stereocenters. The number of morpholine rings is 1. The van der Waals surface area contributed by atoms with E-state index < -0.39 is 0 Å². The standard InChI is InChI=1S/C23H29N5O2S/c1-15-9-16(2)28(26-15)12-19-5-7-20(8-6-19)22(29)25-23-24-21(14-31-23)13-27-10-17(3)30-18(4)11-27/h5-9,14,17-18H,10-13H2,1-4H3,(H,24,25,29). The quantitative estimate of drug-likeness (QED) is 0.631.